The monoisotopic (exact) mass is 524 g/mol. The Balaban J connectivity index is 1.49. The zero-order valence-corrected chi connectivity index (χ0v) is 19.4. The summed E-state index contributed by atoms with van der Waals surface area (Å²) in [5.74, 6) is 0.0798. The number of benzene rings is 2. The van der Waals surface area contributed by atoms with Crippen LogP contribution in [0.1, 0.15) is 5.56 Å². The van der Waals surface area contributed by atoms with Crippen LogP contribution >= 0.6 is 27.7 Å². The van der Waals surface area contributed by atoms with Crippen molar-refractivity contribution in [2.45, 2.75) is 5.16 Å². The van der Waals surface area contributed by atoms with E-state index >= 15 is 0 Å². The molecule has 0 atom stereocenters. The minimum Gasteiger partial charge on any atom is -0.508 e. The summed E-state index contributed by atoms with van der Waals surface area (Å²) in [6.07, 6.45) is 4.68. The first-order valence-corrected chi connectivity index (χ1v) is 11.4. The van der Waals surface area contributed by atoms with Gasteiger partial charge in [0.05, 0.1) is 12.0 Å². The fourth-order valence-corrected chi connectivity index (χ4v) is 3.85. The van der Waals surface area contributed by atoms with Gasteiger partial charge in [0, 0.05) is 39.7 Å². The van der Waals surface area contributed by atoms with Crippen LogP contribution < -0.4 is 5.43 Å². The molecule has 33 heavy (non-hydrogen) atoms. The number of hydrogen-bond donors (Lipinski definition) is 3. The SMILES string of the molecule is O=C(CSc1nnc(-c2cccnc2)n1-c1ccc(Br)cc1)NN=Cc1ccc(O)cc1O. The second-order valence-electron chi connectivity index (χ2n) is 6.68. The molecule has 0 fully saturated rings. The number of hydrazone groups is 1. The number of nitrogens with one attached hydrogen (secondary N) is 1. The summed E-state index contributed by atoms with van der Waals surface area (Å²) in [4.78, 5) is 16.4. The third-order valence-electron chi connectivity index (χ3n) is 4.38. The molecule has 0 saturated carbocycles. The Morgan fingerprint density at radius 2 is 1.97 bits per heavy atom. The second kappa shape index (κ2) is 10.3. The molecule has 1 amide bonds. The molecule has 4 aromatic rings. The van der Waals surface area contributed by atoms with Crippen molar-refractivity contribution in [3.05, 3.63) is 77.0 Å². The molecule has 2 aromatic heterocycles. The van der Waals surface area contributed by atoms with Gasteiger partial charge in [0.2, 0.25) is 0 Å². The molecule has 2 aromatic carbocycles. The van der Waals surface area contributed by atoms with Crippen molar-refractivity contribution < 1.29 is 15.0 Å². The van der Waals surface area contributed by atoms with E-state index in [4.69, 9.17) is 0 Å². The highest BCUT2D eigenvalue weighted by Crippen LogP contribution is 2.28. The molecular formula is C22H17BrN6O3S. The van der Waals surface area contributed by atoms with Gasteiger partial charge < -0.3 is 10.2 Å². The lowest BCUT2D eigenvalue weighted by atomic mass is 10.2. The first-order valence-electron chi connectivity index (χ1n) is 9.60. The van der Waals surface area contributed by atoms with Crippen LogP contribution in [-0.4, -0.2) is 47.8 Å². The number of phenolic OH excluding ortho intramolecular Hbond substituents is 2. The van der Waals surface area contributed by atoms with Crippen molar-refractivity contribution in [3.63, 3.8) is 0 Å². The molecule has 3 N–H and O–H groups in total. The zero-order valence-electron chi connectivity index (χ0n) is 17.0. The van der Waals surface area contributed by atoms with Crippen molar-refractivity contribution in [2.24, 2.45) is 5.10 Å². The van der Waals surface area contributed by atoms with Gasteiger partial charge in [-0.25, -0.2) is 5.43 Å². The number of pyridine rings is 1. The van der Waals surface area contributed by atoms with Gasteiger partial charge in [0.25, 0.3) is 5.91 Å². The average molecular weight is 525 g/mol. The molecule has 0 bridgehead atoms. The summed E-state index contributed by atoms with van der Waals surface area (Å²) in [6, 6.07) is 15.5. The van der Waals surface area contributed by atoms with Crippen molar-refractivity contribution in [2.75, 3.05) is 5.75 Å². The zero-order chi connectivity index (χ0) is 23.2. The van der Waals surface area contributed by atoms with Gasteiger partial charge in [-0.3, -0.25) is 14.3 Å². The number of nitrogens with zero attached hydrogens (tertiary/aromatic N) is 5. The molecule has 4 rings (SSSR count). The Morgan fingerprint density at radius 1 is 1.15 bits per heavy atom. The first kappa shape index (κ1) is 22.5. The van der Waals surface area contributed by atoms with Crippen LogP contribution in [0.15, 0.2) is 81.7 Å². The van der Waals surface area contributed by atoms with Crippen LogP contribution in [0, 0.1) is 0 Å². The smallest absolute Gasteiger partial charge is 0.250 e. The fourth-order valence-electron chi connectivity index (χ4n) is 2.85. The summed E-state index contributed by atoms with van der Waals surface area (Å²) < 4.78 is 2.80. The maximum atomic E-state index is 12.3. The van der Waals surface area contributed by atoms with E-state index in [2.05, 4.69) is 41.6 Å². The quantitative estimate of drug-likeness (QED) is 0.191. The van der Waals surface area contributed by atoms with E-state index < -0.39 is 0 Å². The molecule has 9 nitrogen and oxygen atoms in total. The van der Waals surface area contributed by atoms with Crippen LogP contribution in [0.2, 0.25) is 0 Å². The van der Waals surface area contributed by atoms with Crippen LogP contribution in [0.25, 0.3) is 17.1 Å². The number of amides is 1. The molecule has 0 spiro atoms. The molecule has 11 heteroatoms. The van der Waals surface area contributed by atoms with Crippen LogP contribution in [-0.2, 0) is 4.79 Å². The van der Waals surface area contributed by atoms with Crippen molar-refractivity contribution >= 4 is 39.8 Å². The molecule has 0 aliphatic rings. The molecule has 0 radical (unpaired) electrons. The van der Waals surface area contributed by atoms with Crippen molar-refractivity contribution in [1.82, 2.24) is 25.2 Å². The van der Waals surface area contributed by atoms with E-state index in [0.29, 0.717) is 16.5 Å². The third-order valence-corrected chi connectivity index (χ3v) is 5.83. The lowest BCUT2D eigenvalue weighted by Crippen LogP contribution is -2.20. The fraction of sp³-hybridized carbons (Fsp3) is 0.0455. The Kier molecular flexibility index (Phi) is 7.01. The van der Waals surface area contributed by atoms with E-state index in [0.717, 1.165) is 15.7 Å². The molecule has 0 unspecified atom stereocenters. The molecule has 0 aliphatic heterocycles. The Morgan fingerprint density at radius 3 is 2.70 bits per heavy atom. The minimum atomic E-state index is -0.359. The van der Waals surface area contributed by atoms with E-state index in [1.165, 1.54) is 36.2 Å². The number of thioether (sulfide) groups is 1. The Hall–Kier alpha value is -3.70. The molecule has 166 valence electrons. The maximum Gasteiger partial charge on any atom is 0.250 e. The lowest BCUT2D eigenvalue weighted by molar-refractivity contribution is -0.118. The average Bonchev–Trinajstić information content (AvgIpc) is 3.24. The highest BCUT2D eigenvalue weighted by atomic mass is 79.9. The van der Waals surface area contributed by atoms with E-state index in [1.807, 2.05) is 41.0 Å². The number of aromatic nitrogens is 4. The summed E-state index contributed by atoms with van der Waals surface area (Å²) >= 11 is 4.65. The van der Waals surface area contributed by atoms with Gasteiger partial charge in [-0.1, -0.05) is 27.7 Å². The first-order chi connectivity index (χ1) is 16.0. The number of aromatic hydroxyl groups is 2. The lowest BCUT2D eigenvalue weighted by Gasteiger charge is -2.10. The van der Waals surface area contributed by atoms with Crippen LogP contribution in [0.4, 0.5) is 0 Å². The Bertz CT molecular complexity index is 1300. The summed E-state index contributed by atoms with van der Waals surface area (Å²) in [7, 11) is 0. The number of hydrogen-bond acceptors (Lipinski definition) is 8. The van der Waals surface area contributed by atoms with Gasteiger partial charge in [-0.2, -0.15) is 5.10 Å². The molecule has 0 saturated heterocycles. The summed E-state index contributed by atoms with van der Waals surface area (Å²) in [5, 5.41) is 32.1. The third kappa shape index (κ3) is 5.57. The van der Waals surface area contributed by atoms with Gasteiger partial charge in [0.15, 0.2) is 11.0 Å². The van der Waals surface area contributed by atoms with Crippen LogP contribution in [0.5, 0.6) is 11.5 Å². The molecule has 0 aliphatic carbocycles. The Labute approximate surface area is 201 Å². The topological polar surface area (TPSA) is 126 Å². The summed E-state index contributed by atoms with van der Waals surface area (Å²) in [5.41, 5.74) is 4.40. The largest absolute Gasteiger partial charge is 0.508 e. The van der Waals surface area contributed by atoms with Gasteiger partial charge in [0.1, 0.15) is 11.5 Å². The number of carbonyl (C=O) groups excluding carboxylic acids is 1. The van der Waals surface area contributed by atoms with E-state index in [1.54, 1.807) is 12.4 Å². The normalized spacial score (nSPS) is 11.1. The predicted octanol–water partition coefficient (Wildman–Crippen LogP) is 3.75. The van der Waals surface area contributed by atoms with Crippen LogP contribution in [0.3, 0.4) is 0 Å². The number of phenols is 2. The summed E-state index contributed by atoms with van der Waals surface area (Å²) in [6.45, 7) is 0. The number of halogens is 1. The van der Waals surface area contributed by atoms with Gasteiger partial charge in [-0.15, -0.1) is 10.2 Å². The highest BCUT2D eigenvalue weighted by Gasteiger charge is 2.17. The van der Waals surface area contributed by atoms with Gasteiger partial charge >= 0.3 is 0 Å². The highest BCUT2D eigenvalue weighted by molar-refractivity contribution is 9.10. The number of carbonyl (C=O) groups is 1. The van der Waals surface area contributed by atoms with E-state index in [9.17, 15) is 15.0 Å². The molecule has 2 heterocycles. The maximum absolute atomic E-state index is 12.3. The number of rotatable bonds is 7. The predicted molar refractivity (Wildman–Crippen MR) is 129 cm³/mol. The standard InChI is InChI=1S/C22H17BrN6O3S/c23-16-4-6-17(7-5-16)29-21(15-2-1-9-24-11-15)27-28-22(29)33-13-20(32)26-25-12-14-3-8-18(30)10-19(14)31/h1-12,30-31H,13H2,(H,26,32). The minimum absolute atomic E-state index is 0.0423. The van der Waals surface area contributed by atoms with Gasteiger partial charge in [-0.05, 0) is 48.5 Å². The molecular weight excluding hydrogens is 508 g/mol. The van der Waals surface area contributed by atoms with Crippen molar-refractivity contribution in [1.29, 1.82) is 0 Å². The van der Waals surface area contributed by atoms with E-state index in [-0.39, 0.29) is 23.2 Å². The van der Waals surface area contributed by atoms with Crippen molar-refractivity contribution in [3.8, 4) is 28.6 Å². The second-order valence-corrected chi connectivity index (χ2v) is 8.54.